The van der Waals surface area contributed by atoms with Gasteiger partial charge in [0.25, 0.3) is 5.91 Å². The molecular formula is C26H18FIN4O4. The van der Waals surface area contributed by atoms with E-state index in [0.717, 1.165) is 14.0 Å². The van der Waals surface area contributed by atoms with Crippen LogP contribution in [0.1, 0.15) is 16.7 Å². The predicted molar refractivity (Wildman–Crippen MR) is 138 cm³/mol. The average Bonchev–Trinajstić information content (AvgIpc) is 3.12. The van der Waals surface area contributed by atoms with Gasteiger partial charge >= 0.3 is 6.03 Å². The normalized spacial score (nSPS) is 13.9. The number of imide groups is 1. The molecule has 0 atom stereocenters. The molecule has 0 aromatic heterocycles. The topological polar surface area (TPSA) is 112 Å². The number of amides is 4. The summed E-state index contributed by atoms with van der Waals surface area (Å²) in [5.41, 5.74) is 1.90. The Hall–Kier alpha value is -4.24. The molecule has 0 unspecified atom stereocenters. The maximum atomic E-state index is 13.7. The molecule has 0 aliphatic carbocycles. The molecular weight excluding hydrogens is 578 g/mol. The van der Waals surface area contributed by atoms with Crippen molar-refractivity contribution < 1.29 is 23.5 Å². The molecule has 10 heteroatoms. The number of halogens is 2. The lowest BCUT2D eigenvalue weighted by atomic mass is 10.1. The second kappa shape index (κ2) is 11.0. The standard InChI is InChI=1S/C26H18FIN4O4/c27-19-7-3-4-8-21(19)30-24(33)14-32-25(34)22(31-26(32)35)12-16-9-10-23(20(28)11-16)36-15-18-6-2-1-5-17(18)13-29/h1-12H,14-15H2,(H,30,33)(H,31,35)/b22-12+. The molecule has 8 nitrogen and oxygen atoms in total. The predicted octanol–water partition coefficient (Wildman–Crippen LogP) is 4.41. The summed E-state index contributed by atoms with van der Waals surface area (Å²) in [6.45, 7) is -0.344. The zero-order chi connectivity index (χ0) is 25.7. The highest BCUT2D eigenvalue weighted by molar-refractivity contribution is 14.1. The number of carbonyl (C=O) groups is 3. The van der Waals surface area contributed by atoms with E-state index in [-0.39, 0.29) is 18.0 Å². The number of nitrogens with zero attached hydrogens (tertiary/aromatic N) is 2. The number of hydrogen-bond donors (Lipinski definition) is 2. The number of nitrogens with one attached hydrogen (secondary N) is 2. The number of rotatable bonds is 7. The third-order valence-corrected chi connectivity index (χ3v) is 6.04. The molecule has 0 bridgehead atoms. The van der Waals surface area contributed by atoms with Crippen molar-refractivity contribution in [2.45, 2.75) is 6.61 Å². The molecule has 0 radical (unpaired) electrons. The van der Waals surface area contributed by atoms with Crippen molar-refractivity contribution in [3.63, 3.8) is 0 Å². The van der Waals surface area contributed by atoms with Crippen LogP contribution in [0.15, 0.2) is 72.4 Å². The van der Waals surface area contributed by atoms with E-state index in [9.17, 15) is 24.0 Å². The number of ether oxygens (including phenoxy) is 1. The Morgan fingerprint density at radius 3 is 2.64 bits per heavy atom. The lowest BCUT2D eigenvalue weighted by molar-refractivity contribution is -0.127. The minimum Gasteiger partial charge on any atom is -0.488 e. The van der Waals surface area contributed by atoms with Crippen molar-refractivity contribution >= 4 is 52.2 Å². The Morgan fingerprint density at radius 1 is 1.14 bits per heavy atom. The maximum Gasteiger partial charge on any atom is 0.329 e. The Balaban J connectivity index is 1.41. The van der Waals surface area contributed by atoms with Crippen LogP contribution in [0.2, 0.25) is 0 Å². The molecule has 1 aliphatic heterocycles. The fraction of sp³-hybridized carbons (Fsp3) is 0.0769. The lowest BCUT2D eigenvalue weighted by Gasteiger charge is -2.12. The molecule has 1 heterocycles. The van der Waals surface area contributed by atoms with E-state index in [1.165, 1.54) is 24.3 Å². The van der Waals surface area contributed by atoms with Gasteiger partial charge in [0.05, 0.1) is 20.9 Å². The van der Waals surface area contributed by atoms with E-state index in [1.54, 1.807) is 36.4 Å². The Kier molecular flexibility index (Phi) is 7.60. The first-order chi connectivity index (χ1) is 17.4. The van der Waals surface area contributed by atoms with Gasteiger partial charge in [-0.15, -0.1) is 0 Å². The largest absolute Gasteiger partial charge is 0.488 e. The molecule has 3 aromatic rings. The lowest BCUT2D eigenvalue weighted by Crippen LogP contribution is -2.38. The summed E-state index contributed by atoms with van der Waals surface area (Å²) < 4.78 is 20.4. The van der Waals surface area contributed by atoms with Crippen molar-refractivity contribution in [1.29, 1.82) is 5.26 Å². The fourth-order valence-corrected chi connectivity index (χ4v) is 4.11. The number of anilines is 1. The van der Waals surface area contributed by atoms with Crippen LogP contribution in [0.3, 0.4) is 0 Å². The van der Waals surface area contributed by atoms with Crippen LogP contribution in [-0.2, 0) is 16.2 Å². The summed E-state index contributed by atoms with van der Waals surface area (Å²) in [7, 11) is 0. The van der Waals surface area contributed by atoms with Gasteiger partial charge < -0.3 is 15.4 Å². The highest BCUT2D eigenvalue weighted by atomic mass is 127. The summed E-state index contributed by atoms with van der Waals surface area (Å²) in [6, 6.07) is 19.3. The number of hydrogen-bond acceptors (Lipinski definition) is 5. The first-order valence-electron chi connectivity index (χ1n) is 10.6. The number of urea groups is 1. The monoisotopic (exact) mass is 596 g/mol. The van der Waals surface area contributed by atoms with Crippen LogP contribution in [0.4, 0.5) is 14.9 Å². The van der Waals surface area contributed by atoms with Gasteiger partial charge in [-0.05, 0) is 64.6 Å². The van der Waals surface area contributed by atoms with Crippen molar-refractivity contribution in [3.05, 3.63) is 98.5 Å². The minimum atomic E-state index is -0.749. The first-order valence-corrected chi connectivity index (χ1v) is 11.7. The third kappa shape index (κ3) is 5.69. The Morgan fingerprint density at radius 2 is 1.89 bits per heavy atom. The highest BCUT2D eigenvalue weighted by Crippen LogP contribution is 2.25. The first kappa shape index (κ1) is 24.9. The molecule has 1 saturated heterocycles. The Bertz CT molecular complexity index is 1430. The smallest absolute Gasteiger partial charge is 0.329 e. The zero-order valence-electron chi connectivity index (χ0n) is 18.6. The van der Waals surface area contributed by atoms with Crippen LogP contribution in [-0.4, -0.2) is 29.3 Å². The summed E-state index contributed by atoms with van der Waals surface area (Å²) in [5.74, 6) is -1.41. The Labute approximate surface area is 219 Å². The van der Waals surface area contributed by atoms with Gasteiger partial charge in [0.1, 0.15) is 30.4 Å². The van der Waals surface area contributed by atoms with E-state index in [1.807, 2.05) is 12.1 Å². The number of carbonyl (C=O) groups excluding carboxylic acids is 3. The average molecular weight is 596 g/mol. The summed E-state index contributed by atoms with van der Waals surface area (Å²) in [6.07, 6.45) is 1.49. The second-order valence-corrected chi connectivity index (χ2v) is 8.82. The molecule has 0 spiro atoms. The molecule has 3 aromatic carbocycles. The molecule has 4 rings (SSSR count). The van der Waals surface area contributed by atoms with Crippen LogP contribution in [0, 0.1) is 20.7 Å². The molecule has 36 heavy (non-hydrogen) atoms. The van der Waals surface area contributed by atoms with Crippen molar-refractivity contribution in [2.24, 2.45) is 0 Å². The molecule has 0 saturated carbocycles. The number of benzene rings is 3. The van der Waals surface area contributed by atoms with Gasteiger partial charge in [-0.3, -0.25) is 9.59 Å². The zero-order valence-corrected chi connectivity index (χ0v) is 20.8. The molecule has 1 aliphatic rings. The van der Waals surface area contributed by atoms with Crippen LogP contribution < -0.4 is 15.4 Å². The van der Waals surface area contributed by atoms with Gasteiger partial charge in [-0.1, -0.05) is 36.4 Å². The fourth-order valence-electron chi connectivity index (χ4n) is 3.41. The quantitative estimate of drug-likeness (QED) is 0.239. The van der Waals surface area contributed by atoms with Crippen LogP contribution >= 0.6 is 22.6 Å². The van der Waals surface area contributed by atoms with E-state index >= 15 is 0 Å². The van der Waals surface area contributed by atoms with E-state index in [0.29, 0.717) is 16.9 Å². The number of para-hydroxylation sites is 1. The second-order valence-electron chi connectivity index (χ2n) is 7.65. The van der Waals surface area contributed by atoms with Gasteiger partial charge in [-0.2, -0.15) is 5.26 Å². The summed E-state index contributed by atoms with van der Waals surface area (Å²) in [5, 5.41) is 14.0. The van der Waals surface area contributed by atoms with Gasteiger partial charge in [0.2, 0.25) is 5.91 Å². The minimum absolute atomic E-state index is 0.00566. The van der Waals surface area contributed by atoms with E-state index < -0.39 is 30.2 Å². The third-order valence-electron chi connectivity index (χ3n) is 5.20. The van der Waals surface area contributed by atoms with Crippen molar-refractivity contribution in [3.8, 4) is 11.8 Å². The van der Waals surface area contributed by atoms with Crippen molar-refractivity contribution in [2.75, 3.05) is 11.9 Å². The van der Waals surface area contributed by atoms with E-state index in [2.05, 4.69) is 39.3 Å². The van der Waals surface area contributed by atoms with Gasteiger partial charge in [0, 0.05) is 5.56 Å². The maximum absolute atomic E-state index is 13.7. The van der Waals surface area contributed by atoms with Crippen LogP contribution in [0.5, 0.6) is 5.75 Å². The molecule has 2 N–H and O–H groups in total. The SMILES string of the molecule is N#Cc1ccccc1COc1ccc(/C=C2/NC(=O)N(CC(=O)Nc3ccccc3F)C2=O)cc1I. The summed E-state index contributed by atoms with van der Waals surface area (Å²) >= 11 is 2.09. The number of nitriles is 1. The van der Waals surface area contributed by atoms with Crippen LogP contribution in [0.25, 0.3) is 6.08 Å². The summed E-state index contributed by atoms with van der Waals surface area (Å²) in [4.78, 5) is 38.0. The molecule has 4 amide bonds. The molecule has 1 fully saturated rings. The van der Waals surface area contributed by atoms with Gasteiger partial charge in [-0.25, -0.2) is 14.1 Å². The van der Waals surface area contributed by atoms with Gasteiger partial charge in [0.15, 0.2) is 0 Å². The van der Waals surface area contributed by atoms with Crippen molar-refractivity contribution in [1.82, 2.24) is 10.2 Å². The molecule has 180 valence electrons. The van der Waals surface area contributed by atoms with E-state index in [4.69, 9.17) is 4.74 Å². The highest BCUT2D eigenvalue weighted by Gasteiger charge is 2.35.